The number of rotatable bonds is 5. The first kappa shape index (κ1) is 13.0. The third-order valence-corrected chi connectivity index (χ3v) is 2.57. The predicted molar refractivity (Wildman–Crippen MR) is 66.3 cm³/mol. The van der Waals surface area contributed by atoms with Crippen molar-refractivity contribution in [1.29, 1.82) is 0 Å². The van der Waals surface area contributed by atoms with Gasteiger partial charge in [0.1, 0.15) is 0 Å². The summed E-state index contributed by atoms with van der Waals surface area (Å²) < 4.78 is 0. The zero-order chi connectivity index (χ0) is 12.0. The normalized spacial score (nSPS) is 12.2. The van der Waals surface area contributed by atoms with Crippen molar-refractivity contribution in [2.75, 3.05) is 6.54 Å². The zero-order valence-corrected chi connectivity index (χ0v) is 10.1. The Kier molecular flexibility index (Phi) is 5.29. The maximum atomic E-state index is 11.5. The fourth-order valence-electron chi connectivity index (χ4n) is 1.44. The van der Waals surface area contributed by atoms with Crippen LogP contribution in [-0.4, -0.2) is 12.5 Å². The van der Waals surface area contributed by atoms with Crippen molar-refractivity contribution >= 4 is 17.5 Å². The van der Waals surface area contributed by atoms with E-state index in [-0.39, 0.29) is 11.9 Å². The maximum Gasteiger partial charge on any atom is 0.220 e. The monoisotopic (exact) mass is 240 g/mol. The Morgan fingerprint density at radius 2 is 2.31 bits per heavy atom. The molecule has 0 bridgehead atoms. The number of nitrogens with two attached hydrogens (primary N) is 1. The van der Waals surface area contributed by atoms with Crippen LogP contribution in [-0.2, 0) is 4.79 Å². The van der Waals surface area contributed by atoms with Crippen molar-refractivity contribution in [3.05, 3.63) is 34.9 Å². The molecule has 0 saturated carbocycles. The predicted octanol–water partition coefficient (Wildman–Crippen LogP) is 2.26. The number of hydrogen-bond acceptors (Lipinski definition) is 2. The summed E-state index contributed by atoms with van der Waals surface area (Å²) in [5.74, 6) is 0.0259. The molecule has 16 heavy (non-hydrogen) atoms. The molecule has 88 valence electrons. The van der Waals surface area contributed by atoms with Crippen molar-refractivity contribution in [1.82, 2.24) is 5.32 Å². The molecule has 0 fully saturated rings. The summed E-state index contributed by atoms with van der Waals surface area (Å²) in [5.41, 5.74) is 6.35. The highest BCUT2D eigenvalue weighted by Gasteiger charge is 2.08. The minimum Gasteiger partial charge on any atom is -0.350 e. The number of nitrogens with one attached hydrogen (secondary N) is 1. The third-order valence-electron chi connectivity index (χ3n) is 2.33. The van der Waals surface area contributed by atoms with Gasteiger partial charge in [-0.1, -0.05) is 23.7 Å². The Labute approximate surface area is 101 Å². The van der Waals surface area contributed by atoms with Crippen LogP contribution in [0.15, 0.2) is 24.3 Å². The van der Waals surface area contributed by atoms with Gasteiger partial charge in [-0.15, -0.1) is 0 Å². The molecule has 0 spiro atoms. The summed E-state index contributed by atoms with van der Waals surface area (Å²) >= 11 is 5.88. The highest BCUT2D eigenvalue weighted by Crippen LogP contribution is 2.17. The van der Waals surface area contributed by atoms with Gasteiger partial charge in [-0.05, 0) is 37.6 Å². The van der Waals surface area contributed by atoms with Crippen LogP contribution in [0, 0.1) is 0 Å². The van der Waals surface area contributed by atoms with Crippen LogP contribution in [0.1, 0.15) is 31.4 Å². The van der Waals surface area contributed by atoms with Crippen molar-refractivity contribution < 1.29 is 4.79 Å². The Hall–Kier alpha value is -1.06. The van der Waals surface area contributed by atoms with Crippen LogP contribution in [0.4, 0.5) is 0 Å². The molecule has 1 aromatic rings. The van der Waals surface area contributed by atoms with Crippen LogP contribution in [0.25, 0.3) is 0 Å². The average Bonchev–Trinajstić information content (AvgIpc) is 2.26. The molecule has 1 atom stereocenters. The summed E-state index contributed by atoms with van der Waals surface area (Å²) in [7, 11) is 0. The van der Waals surface area contributed by atoms with Gasteiger partial charge in [0.25, 0.3) is 0 Å². The molecule has 0 aliphatic heterocycles. The second kappa shape index (κ2) is 6.51. The molecule has 0 aliphatic rings. The molecule has 0 heterocycles. The minimum atomic E-state index is -0.0241. The van der Waals surface area contributed by atoms with Crippen molar-refractivity contribution in [3.63, 3.8) is 0 Å². The Morgan fingerprint density at radius 1 is 1.56 bits per heavy atom. The molecule has 1 aromatic carbocycles. The van der Waals surface area contributed by atoms with E-state index in [4.69, 9.17) is 17.3 Å². The summed E-state index contributed by atoms with van der Waals surface area (Å²) in [6.45, 7) is 2.48. The highest BCUT2D eigenvalue weighted by atomic mass is 35.5. The molecule has 1 rings (SSSR count). The largest absolute Gasteiger partial charge is 0.350 e. The summed E-state index contributed by atoms with van der Waals surface area (Å²) in [5, 5.41) is 3.59. The lowest BCUT2D eigenvalue weighted by Gasteiger charge is -2.14. The number of carbonyl (C=O) groups is 1. The third kappa shape index (κ3) is 4.21. The van der Waals surface area contributed by atoms with E-state index in [1.165, 1.54) is 0 Å². The second-order valence-corrected chi connectivity index (χ2v) is 4.17. The van der Waals surface area contributed by atoms with Crippen LogP contribution in [0.2, 0.25) is 5.02 Å². The lowest BCUT2D eigenvalue weighted by atomic mass is 10.1. The Morgan fingerprint density at radius 3 is 2.94 bits per heavy atom. The van der Waals surface area contributed by atoms with Gasteiger partial charge in [0, 0.05) is 11.4 Å². The standard InChI is InChI=1S/C12H17ClN2O/c1-9(15-12(16)6-3-7-14)10-4-2-5-11(13)8-10/h2,4-5,8-9H,3,6-7,14H2,1H3,(H,15,16). The smallest absolute Gasteiger partial charge is 0.220 e. The van der Waals surface area contributed by atoms with Crippen LogP contribution < -0.4 is 11.1 Å². The molecule has 0 radical (unpaired) electrons. The van der Waals surface area contributed by atoms with E-state index in [1.807, 2.05) is 31.2 Å². The number of halogens is 1. The lowest BCUT2D eigenvalue weighted by molar-refractivity contribution is -0.121. The van der Waals surface area contributed by atoms with Crippen molar-refractivity contribution in [2.24, 2.45) is 5.73 Å². The molecule has 3 nitrogen and oxygen atoms in total. The molecule has 0 aromatic heterocycles. The molecule has 4 heteroatoms. The van der Waals surface area contributed by atoms with Crippen LogP contribution >= 0.6 is 11.6 Å². The quantitative estimate of drug-likeness (QED) is 0.830. The van der Waals surface area contributed by atoms with E-state index in [0.717, 1.165) is 5.56 Å². The van der Waals surface area contributed by atoms with Gasteiger partial charge in [-0.25, -0.2) is 0 Å². The van der Waals surface area contributed by atoms with Gasteiger partial charge in [0.05, 0.1) is 6.04 Å². The number of benzene rings is 1. The van der Waals surface area contributed by atoms with Crippen LogP contribution in [0.3, 0.4) is 0 Å². The Balaban J connectivity index is 2.52. The highest BCUT2D eigenvalue weighted by molar-refractivity contribution is 6.30. The molecule has 1 amide bonds. The second-order valence-electron chi connectivity index (χ2n) is 3.74. The van der Waals surface area contributed by atoms with Gasteiger partial charge in [-0.3, -0.25) is 4.79 Å². The maximum absolute atomic E-state index is 11.5. The molecule has 3 N–H and O–H groups in total. The minimum absolute atomic E-state index is 0.0241. The van der Waals surface area contributed by atoms with Gasteiger partial charge in [0.2, 0.25) is 5.91 Å². The fraction of sp³-hybridized carbons (Fsp3) is 0.417. The first-order valence-corrected chi connectivity index (χ1v) is 5.76. The molecule has 0 saturated heterocycles. The van der Waals surface area contributed by atoms with E-state index >= 15 is 0 Å². The Bertz CT molecular complexity index is 355. The van der Waals surface area contributed by atoms with E-state index in [1.54, 1.807) is 0 Å². The number of amides is 1. The molecule has 0 aliphatic carbocycles. The molecular formula is C12H17ClN2O. The van der Waals surface area contributed by atoms with Gasteiger partial charge >= 0.3 is 0 Å². The molecule has 1 unspecified atom stereocenters. The summed E-state index contributed by atoms with van der Waals surface area (Å²) in [6, 6.07) is 7.47. The van der Waals surface area contributed by atoms with E-state index in [0.29, 0.717) is 24.4 Å². The average molecular weight is 241 g/mol. The van der Waals surface area contributed by atoms with E-state index in [2.05, 4.69) is 5.32 Å². The van der Waals surface area contributed by atoms with E-state index in [9.17, 15) is 4.79 Å². The first-order valence-electron chi connectivity index (χ1n) is 5.38. The number of carbonyl (C=O) groups excluding carboxylic acids is 1. The SMILES string of the molecule is CC(NC(=O)CCCN)c1cccc(Cl)c1. The summed E-state index contributed by atoms with van der Waals surface area (Å²) in [4.78, 5) is 11.5. The fourth-order valence-corrected chi connectivity index (χ4v) is 1.63. The van der Waals surface area contributed by atoms with Gasteiger partial charge in [0.15, 0.2) is 0 Å². The topological polar surface area (TPSA) is 55.1 Å². The van der Waals surface area contributed by atoms with Gasteiger partial charge in [-0.2, -0.15) is 0 Å². The first-order chi connectivity index (χ1) is 7.63. The van der Waals surface area contributed by atoms with Crippen molar-refractivity contribution in [2.45, 2.75) is 25.8 Å². The van der Waals surface area contributed by atoms with Crippen molar-refractivity contribution in [3.8, 4) is 0 Å². The van der Waals surface area contributed by atoms with E-state index < -0.39 is 0 Å². The zero-order valence-electron chi connectivity index (χ0n) is 9.37. The lowest BCUT2D eigenvalue weighted by Crippen LogP contribution is -2.26. The summed E-state index contributed by atoms with van der Waals surface area (Å²) in [6.07, 6.45) is 1.19. The van der Waals surface area contributed by atoms with Crippen LogP contribution in [0.5, 0.6) is 0 Å². The molecular weight excluding hydrogens is 224 g/mol. The van der Waals surface area contributed by atoms with Gasteiger partial charge < -0.3 is 11.1 Å². The number of hydrogen-bond donors (Lipinski definition) is 2.